The highest BCUT2D eigenvalue weighted by Crippen LogP contribution is 2.39. The van der Waals surface area contributed by atoms with Crippen molar-refractivity contribution in [1.82, 2.24) is 4.73 Å². The van der Waals surface area contributed by atoms with E-state index in [-0.39, 0.29) is 22.4 Å². The van der Waals surface area contributed by atoms with Crippen LogP contribution in [-0.2, 0) is 19.1 Å². The number of para-hydroxylation sites is 2. The summed E-state index contributed by atoms with van der Waals surface area (Å²) in [5.74, 6) is -1.06. The minimum absolute atomic E-state index is 0.0731. The second-order valence-electron chi connectivity index (χ2n) is 5.64. The molecule has 8 nitrogen and oxygen atoms in total. The van der Waals surface area contributed by atoms with E-state index in [9.17, 15) is 19.7 Å². The molecule has 0 spiro atoms. The Morgan fingerprint density at radius 1 is 1.12 bits per heavy atom. The molecule has 2 atom stereocenters. The van der Waals surface area contributed by atoms with Crippen LogP contribution in [0.25, 0.3) is 11.0 Å². The molecule has 0 saturated carbocycles. The van der Waals surface area contributed by atoms with Crippen molar-refractivity contribution in [1.29, 1.82) is 0 Å². The lowest BCUT2D eigenvalue weighted by molar-refractivity contribution is -0.485. The molecule has 0 radical (unpaired) electrons. The number of nitrogens with zero attached hydrogens (tertiary/aromatic N) is 2. The van der Waals surface area contributed by atoms with Gasteiger partial charge in [-0.25, -0.2) is 0 Å². The summed E-state index contributed by atoms with van der Waals surface area (Å²) >= 11 is 0. The van der Waals surface area contributed by atoms with Crippen LogP contribution in [0, 0.1) is 4.91 Å². The maximum Gasteiger partial charge on any atom is 0.307 e. The van der Waals surface area contributed by atoms with E-state index in [1.807, 2.05) is 0 Å². The Labute approximate surface area is 136 Å². The molecule has 0 fully saturated rings. The predicted octanol–water partition coefficient (Wildman–Crippen LogP) is 1.80. The van der Waals surface area contributed by atoms with Gasteiger partial charge in [0.25, 0.3) is 5.52 Å². The van der Waals surface area contributed by atoms with Crippen LogP contribution in [0.1, 0.15) is 50.3 Å². The maximum absolute atomic E-state index is 12.8. The van der Waals surface area contributed by atoms with Crippen molar-refractivity contribution in [3.8, 4) is 0 Å². The van der Waals surface area contributed by atoms with Gasteiger partial charge in [-0.2, -0.15) is 4.73 Å². The summed E-state index contributed by atoms with van der Waals surface area (Å²) < 4.78 is 11.9. The van der Waals surface area contributed by atoms with Crippen molar-refractivity contribution in [3.63, 3.8) is 0 Å². The van der Waals surface area contributed by atoms with Crippen LogP contribution in [-0.4, -0.2) is 21.9 Å². The minimum Gasteiger partial charge on any atom is -0.456 e. The van der Waals surface area contributed by atoms with Gasteiger partial charge in [-0.3, -0.25) is 9.59 Å². The first kappa shape index (κ1) is 16.0. The molecule has 8 heteroatoms. The lowest BCUT2D eigenvalue weighted by atomic mass is 9.94. The van der Waals surface area contributed by atoms with Crippen molar-refractivity contribution < 1.29 is 28.7 Å². The molecule has 1 aromatic heterocycles. The third kappa shape index (κ3) is 2.60. The zero-order valence-corrected chi connectivity index (χ0v) is 13.3. The maximum atomic E-state index is 12.8. The molecule has 2 aromatic rings. The fraction of sp³-hybridized carbons (Fsp3) is 0.375. The van der Waals surface area contributed by atoms with Crippen LogP contribution in [0.2, 0.25) is 0 Å². The Hall–Kier alpha value is -2.90. The van der Waals surface area contributed by atoms with Crippen molar-refractivity contribution in [2.75, 3.05) is 0 Å². The van der Waals surface area contributed by atoms with E-state index in [1.54, 1.807) is 24.3 Å². The van der Waals surface area contributed by atoms with Gasteiger partial charge in [0.2, 0.25) is 0 Å². The number of carbonyl (C=O) groups excluding carboxylic acids is 2. The molecular formula is C16H17N2O6+. The number of benzene rings is 1. The summed E-state index contributed by atoms with van der Waals surface area (Å²) in [5, 5.41) is 10.6. The van der Waals surface area contributed by atoms with Gasteiger partial charge >= 0.3 is 17.6 Å². The van der Waals surface area contributed by atoms with E-state index in [2.05, 4.69) is 0 Å². The van der Waals surface area contributed by atoms with E-state index in [0.29, 0.717) is 17.3 Å². The van der Waals surface area contributed by atoms with Gasteiger partial charge < -0.3 is 14.7 Å². The van der Waals surface area contributed by atoms with Crippen molar-refractivity contribution in [2.45, 2.75) is 38.9 Å². The number of hydrogen-bond donors (Lipinski definition) is 1. The zero-order valence-electron chi connectivity index (χ0n) is 13.3. The van der Waals surface area contributed by atoms with Crippen molar-refractivity contribution >= 4 is 23.0 Å². The molecule has 1 N–H and O–H groups in total. The molecule has 0 unspecified atom stereocenters. The normalized spacial score (nSPS) is 19.6. The summed E-state index contributed by atoms with van der Waals surface area (Å²) in [4.78, 5) is 35.5. The lowest BCUT2D eigenvalue weighted by Gasteiger charge is -2.27. The molecule has 1 aliphatic carbocycles. The molecule has 3 rings (SSSR count). The van der Waals surface area contributed by atoms with Crippen LogP contribution in [0.5, 0.6) is 0 Å². The zero-order chi connectivity index (χ0) is 17.4. The highest BCUT2D eigenvalue weighted by Gasteiger charge is 2.43. The third-order valence-electron chi connectivity index (χ3n) is 3.96. The van der Waals surface area contributed by atoms with Gasteiger partial charge in [0.15, 0.2) is 23.4 Å². The van der Waals surface area contributed by atoms with E-state index >= 15 is 0 Å². The van der Waals surface area contributed by atoms with Crippen LogP contribution >= 0.6 is 0 Å². The second kappa shape index (κ2) is 5.95. The number of fused-ring (bicyclic) bond motifs is 2. The van der Waals surface area contributed by atoms with Gasteiger partial charge in [-0.1, -0.05) is 12.1 Å². The molecule has 1 aliphatic rings. The van der Waals surface area contributed by atoms with Gasteiger partial charge in [0, 0.05) is 24.8 Å². The lowest BCUT2D eigenvalue weighted by Crippen LogP contribution is -2.36. The fourth-order valence-corrected chi connectivity index (χ4v) is 3.09. The Morgan fingerprint density at radius 3 is 2.38 bits per heavy atom. The minimum atomic E-state index is -0.815. The quantitative estimate of drug-likeness (QED) is 0.511. The molecule has 24 heavy (non-hydrogen) atoms. The highest BCUT2D eigenvalue weighted by atomic mass is 16.6. The van der Waals surface area contributed by atoms with Crippen LogP contribution in [0.4, 0.5) is 0 Å². The van der Waals surface area contributed by atoms with E-state index in [4.69, 9.17) is 9.47 Å². The average molecular weight is 333 g/mol. The number of rotatable bonds is 2. The Kier molecular flexibility index (Phi) is 3.96. The number of esters is 2. The van der Waals surface area contributed by atoms with Crippen molar-refractivity contribution in [2.24, 2.45) is 0 Å². The number of hydrogen-bond acceptors (Lipinski definition) is 6. The highest BCUT2D eigenvalue weighted by molar-refractivity contribution is 5.72. The largest absolute Gasteiger partial charge is 0.456 e. The number of aromatic nitrogens is 2. The van der Waals surface area contributed by atoms with Gasteiger partial charge in [0.05, 0.1) is 4.43 Å². The van der Waals surface area contributed by atoms with E-state index in [1.165, 1.54) is 13.8 Å². The topological polar surface area (TPSA) is 101 Å². The Morgan fingerprint density at radius 2 is 1.71 bits per heavy atom. The summed E-state index contributed by atoms with van der Waals surface area (Å²) in [6, 6.07) is 6.46. The monoisotopic (exact) mass is 333 g/mol. The molecule has 0 aliphatic heterocycles. The number of carbonyl (C=O) groups is 2. The molecule has 0 saturated heterocycles. The third-order valence-corrected chi connectivity index (χ3v) is 3.96. The standard InChI is InChI=1S/C16H17N2O6/c1-9(19)23-13-7-8-14(24-10(2)20)16-15(13)17(21)11-5-3-4-6-12(11)18(16)22/h3-6,13-14,21H,7-8H2,1-2H3/q+1/t13-,14+/m1/s1. The first-order valence-electron chi connectivity index (χ1n) is 7.54. The van der Waals surface area contributed by atoms with Crippen molar-refractivity contribution in [3.05, 3.63) is 40.6 Å². The van der Waals surface area contributed by atoms with Crippen LogP contribution < -0.4 is 4.43 Å². The molecule has 0 bridgehead atoms. The molecule has 1 heterocycles. The first-order chi connectivity index (χ1) is 11.4. The summed E-state index contributed by atoms with van der Waals surface area (Å²) in [6.07, 6.45) is -0.974. The molecule has 0 amide bonds. The summed E-state index contributed by atoms with van der Waals surface area (Å²) in [7, 11) is 0. The molecular weight excluding hydrogens is 316 g/mol. The summed E-state index contributed by atoms with van der Waals surface area (Å²) in [5.41, 5.74) is 0.687. The van der Waals surface area contributed by atoms with Crippen LogP contribution in [0.3, 0.4) is 0 Å². The van der Waals surface area contributed by atoms with E-state index < -0.39 is 24.1 Å². The molecule has 1 aromatic carbocycles. The second-order valence-corrected chi connectivity index (χ2v) is 5.64. The molecule has 126 valence electrons. The number of ether oxygens (including phenoxy) is 2. The Balaban J connectivity index is 2.30. The first-order valence-corrected chi connectivity index (χ1v) is 7.54. The SMILES string of the molecule is CC(=O)O[C@H]1CC[C@@H](OC(C)=O)c2c1[n+](=O)c1ccccc1n2O. The van der Waals surface area contributed by atoms with Gasteiger partial charge in [0.1, 0.15) is 0 Å². The van der Waals surface area contributed by atoms with E-state index in [0.717, 1.165) is 4.73 Å². The average Bonchev–Trinajstić information content (AvgIpc) is 2.53. The predicted molar refractivity (Wildman–Crippen MR) is 80.7 cm³/mol. The van der Waals surface area contributed by atoms with Gasteiger partial charge in [-0.05, 0) is 18.9 Å². The summed E-state index contributed by atoms with van der Waals surface area (Å²) in [6.45, 7) is 2.51. The van der Waals surface area contributed by atoms with Crippen LogP contribution in [0.15, 0.2) is 24.3 Å². The Bertz CT molecular complexity index is 888. The van der Waals surface area contributed by atoms with Gasteiger partial charge in [-0.15, -0.1) is 0 Å². The smallest absolute Gasteiger partial charge is 0.307 e. The fourth-order valence-electron chi connectivity index (χ4n) is 3.09.